The topological polar surface area (TPSA) is 98.7 Å². The summed E-state index contributed by atoms with van der Waals surface area (Å²) >= 11 is 0. The van der Waals surface area contributed by atoms with Gasteiger partial charge in [-0.05, 0) is 63.8 Å². The molecule has 0 atom stereocenters. The zero-order valence-corrected chi connectivity index (χ0v) is 51.6. The minimum Gasteiger partial charge on any atom is -0.399 e. The largest absolute Gasteiger partial charge is 0.399 e. The fourth-order valence-electron chi connectivity index (χ4n) is 10.2. The summed E-state index contributed by atoms with van der Waals surface area (Å²) in [5.41, 5.74) is 3.54. The monoisotopic (exact) mass is 1110 g/mol. The van der Waals surface area contributed by atoms with Crippen molar-refractivity contribution in [1.82, 2.24) is 0 Å². The van der Waals surface area contributed by atoms with Gasteiger partial charge in [-0.25, -0.2) is 0 Å². The Hall–Kier alpha value is -4.73. The summed E-state index contributed by atoms with van der Waals surface area (Å²) in [6.07, 6.45) is 0. The van der Waals surface area contributed by atoms with Crippen LogP contribution in [0.25, 0.3) is 87.0 Å². The lowest BCUT2D eigenvalue weighted by Crippen LogP contribution is -2.38. The average molecular weight is 1110 g/mol. The minimum absolute atomic E-state index is 0.310. The second-order valence-electron chi connectivity index (χ2n) is 23.7. The Morgan fingerprint density at radius 2 is 0.520 bits per heavy atom. The van der Waals surface area contributed by atoms with Gasteiger partial charge in [0.1, 0.15) is 22.3 Å². The van der Waals surface area contributed by atoms with Crippen LogP contribution in [0.1, 0.15) is 0 Å². The van der Waals surface area contributed by atoms with E-state index in [9.17, 15) is 0 Å². The Morgan fingerprint density at radius 3 is 0.747 bits per heavy atom. The van der Waals surface area contributed by atoms with Gasteiger partial charge in [0.2, 0.25) is 0 Å². The highest BCUT2D eigenvalue weighted by atomic mass is 31.1. The van der Waals surface area contributed by atoms with Crippen molar-refractivity contribution in [1.29, 1.82) is 0 Å². The average Bonchev–Trinajstić information content (AvgIpc) is 3.65. The van der Waals surface area contributed by atoms with E-state index in [1.165, 1.54) is 42.3 Å². The van der Waals surface area contributed by atoms with Gasteiger partial charge >= 0.3 is 16.5 Å². The molecule has 0 bridgehead atoms. The van der Waals surface area contributed by atoms with Gasteiger partial charge in [-0.3, -0.25) is 9.05 Å². The molecule has 2 heterocycles. The molecule has 0 aliphatic rings. The van der Waals surface area contributed by atoms with Crippen LogP contribution in [0.4, 0.5) is 0 Å². The van der Waals surface area contributed by atoms with E-state index in [0.29, 0.717) is 52.9 Å². The van der Waals surface area contributed by atoms with Crippen molar-refractivity contribution in [2.45, 2.75) is 78.6 Å². The fraction of sp³-hybridized carbons (Fsp3) is 0.333. The molecule has 392 valence electrons. The van der Waals surface area contributed by atoms with Crippen molar-refractivity contribution in [3.63, 3.8) is 0 Å². The maximum atomic E-state index is 7.01. The van der Waals surface area contributed by atoms with Gasteiger partial charge < -0.3 is 31.0 Å². The molecule has 0 radical (unpaired) electrons. The molecule has 9 nitrogen and oxygen atoms in total. The quantitative estimate of drug-likeness (QED) is 0.0614. The molecule has 0 unspecified atom stereocenters. The maximum absolute atomic E-state index is 7.01. The highest BCUT2D eigenvalue weighted by Gasteiger charge is 2.30. The van der Waals surface area contributed by atoms with Crippen LogP contribution in [0, 0.1) is 0 Å². The normalized spacial score (nSPS) is 13.0. The third-order valence-electron chi connectivity index (χ3n) is 14.0. The van der Waals surface area contributed by atoms with Gasteiger partial charge in [0.05, 0.1) is 85.2 Å². The van der Waals surface area contributed by atoms with Gasteiger partial charge in [0.15, 0.2) is 0 Å². The third-order valence-corrected chi connectivity index (χ3v) is 24.1. The van der Waals surface area contributed by atoms with Crippen molar-refractivity contribution >= 4 is 156 Å². The van der Waals surface area contributed by atoms with Gasteiger partial charge in [-0.15, -0.1) is 0 Å². The lowest BCUT2D eigenvalue weighted by Gasteiger charge is -2.20. The highest BCUT2D eigenvalue weighted by molar-refractivity contribution is 7.32. The predicted octanol–water partition coefficient (Wildman–Crippen LogP) is 15.3. The molecule has 0 saturated heterocycles. The Balaban J connectivity index is 0.804. The molecule has 0 spiro atoms. The summed E-state index contributed by atoms with van der Waals surface area (Å²) in [5, 5.41) is 18.9. The number of hydrogen-bond acceptors (Lipinski definition) is 9. The molecule has 8 aromatic carbocycles. The Kier molecular flexibility index (Phi) is 15.4. The summed E-state index contributed by atoms with van der Waals surface area (Å²) in [7, 11) is -11.3. The van der Waals surface area contributed by atoms with Crippen LogP contribution in [0.5, 0.6) is 0 Å². The lowest BCUT2D eigenvalue weighted by molar-refractivity contribution is 0.00811. The molecule has 15 heteroatoms. The number of benzene rings is 8. The number of ether oxygens (including phenoxy) is 3. The van der Waals surface area contributed by atoms with E-state index < -0.39 is 48.8 Å². The molecule has 0 saturated carbocycles. The van der Waals surface area contributed by atoms with E-state index in [4.69, 9.17) is 40.0 Å². The molecule has 0 aliphatic heterocycles. The predicted molar refractivity (Wildman–Crippen MR) is 330 cm³/mol. The second kappa shape index (κ2) is 21.6. The Bertz CT molecular complexity index is 3360. The van der Waals surface area contributed by atoms with E-state index in [1.807, 2.05) is 0 Å². The molecular weight excluding hydrogens is 1040 g/mol. The molecule has 0 fully saturated rings. The first-order chi connectivity index (χ1) is 35.8. The van der Waals surface area contributed by atoms with Crippen molar-refractivity contribution in [2.75, 3.05) is 52.9 Å². The van der Waals surface area contributed by atoms with E-state index >= 15 is 0 Å². The summed E-state index contributed by atoms with van der Waals surface area (Å²) in [6, 6.07) is 44.0. The molecule has 0 amide bonds. The van der Waals surface area contributed by atoms with E-state index in [1.54, 1.807) is 0 Å². The Morgan fingerprint density at radius 1 is 0.307 bits per heavy atom. The molecule has 0 N–H and O–H groups in total. The minimum atomic E-state index is -1.93. The smallest absolute Gasteiger partial charge is 0.387 e. The molecule has 10 rings (SSSR count). The van der Waals surface area contributed by atoms with Crippen LogP contribution < -0.4 is 29.8 Å². The SMILES string of the molecule is C[Si](C)(C)c1cc2ccccc2c2c1op(OCCOCCOCCOCCOp1oc3c([Si](C)(C)C)cc4ccccc4c3c3c(o1)c([Si](C)(C)C)cc1ccccc13)oc1c([Si](C)(C)C)cc3ccccc3c12. The zero-order chi connectivity index (χ0) is 52.9. The van der Waals surface area contributed by atoms with Crippen molar-refractivity contribution in [3.8, 4) is 0 Å². The highest BCUT2D eigenvalue weighted by Crippen LogP contribution is 2.43. The Labute approximate surface area is 446 Å². The van der Waals surface area contributed by atoms with Gasteiger partial charge in [0, 0.05) is 21.5 Å². The van der Waals surface area contributed by atoms with E-state index in [-0.39, 0.29) is 0 Å². The molecule has 2 aromatic heterocycles. The lowest BCUT2D eigenvalue weighted by atomic mass is 9.98. The number of rotatable bonds is 18. The summed E-state index contributed by atoms with van der Waals surface area (Å²) in [4.78, 5) is 0. The first-order valence-corrected chi connectivity index (χ1v) is 42.5. The van der Waals surface area contributed by atoms with Crippen molar-refractivity contribution < 1.29 is 40.0 Å². The van der Waals surface area contributed by atoms with E-state index in [2.05, 4.69) is 200 Å². The van der Waals surface area contributed by atoms with Crippen LogP contribution in [0.3, 0.4) is 0 Å². The van der Waals surface area contributed by atoms with Crippen LogP contribution >= 0.6 is 16.5 Å². The van der Waals surface area contributed by atoms with Crippen LogP contribution in [0.15, 0.2) is 138 Å². The molecule has 75 heavy (non-hydrogen) atoms. The van der Waals surface area contributed by atoms with Crippen LogP contribution in [-0.4, -0.2) is 85.2 Å². The summed E-state index contributed by atoms with van der Waals surface area (Å²) < 4.78 is 59.1. The van der Waals surface area contributed by atoms with Crippen LogP contribution in [-0.2, 0) is 14.2 Å². The standard InChI is InChI=1S/C60H72O9P2Si4/c1-72(2,3)49-37-41-21-13-17-25-45(41)53-54-46-26-18-14-22-42(46)38-50(73(4,5)6)58(54)67-70(66-57(49)53)64-35-33-62-31-29-61-30-32-63-34-36-65-71-68-59-51(74(7,8)9)39-43-23-15-19-27-47(43)55(59)56-48-28-20-16-24-44(48)40-52(60(56)69-71)75(10,11)12/h13-28,37-40H,29-36H2,1-12H3. The number of hydrogen-bond donors (Lipinski definition) is 0. The summed E-state index contributed by atoms with van der Waals surface area (Å²) in [6.45, 7) is 31.6. The molecule has 0 aliphatic carbocycles. The van der Waals surface area contributed by atoms with Gasteiger partial charge in [-0.2, -0.15) is 0 Å². The van der Waals surface area contributed by atoms with Gasteiger partial charge in [0.25, 0.3) is 0 Å². The zero-order valence-electron chi connectivity index (χ0n) is 45.8. The van der Waals surface area contributed by atoms with E-state index in [0.717, 1.165) is 65.4 Å². The third kappa shape index (κ3) is 11.2. The van der Waals surface area contributed by atoms with Crippen molar-refractivity contribution in [3.05, 3.63) is 121 Å². The molecular formula is C60H72O9P2Si4. The first-order valence-electron chi connectivity index (χ1n) is 26.3. The summed E-state index contributed by atoms with van der Waals surface area (Å²) in [5.74, 6) is 0. The van der Waals surface area contributed by atoms with Crippen molar-refractivity contribution in [2.24, 2.45) is 0 Å². The number of fused-ring (bicyclic) bond motifs is 14. The molecule has 10 aromatic rings. The van der Waals surface area contributed by atoms with Gasteiger partial charge in [-0.1, -0.05) is 200 Å². The van der Waals surface area contributed by atoms with Crippen LogP contribution in [0.2, 0.25) is 78.6 Å². The fourth-order valence-corrected chi connectivity index (χ4v) is 18.5. The first kappa shape index (κ1) is 53.7. The second-order valence-corrected chi connectivity index (χ2v) is 46.0. The maximum Gasteiger partial charge on any atom is 0.387 e.